The Balaban J connectivity index is 2.73. The zero-order valence-corrected chi connectivity index (χ0v) is 13.4. The molecule has 1 aliphatic rings. The number of carbonyl (C=O) groups excluding carboxylic acids is 1. The van der Waals surface area contributed by atoms with Crippen molar-refractivity contribution in [2.24, 2.45) is 5.92 Å². The summed E-state index contributed by atoms with van der Waals surface area (Å²) in [6.07, 6.45) is 2.03. The van der Waals surface area contributed by atoms with E-state index >= 15 is 0 Å². The summed E-state index contributed by atoms with van der Waals surface area (Å²) in [6.45, 7) is 8.86. The number of carbonyl (C=O) groups is 2. The molecule has 0 aromatic rings. The smallest absolute Gasteiger partial charge is 0.320 e. The second-order valence-corrected chi connectivity index (χ2v) is 5.52. The van der Waals surface area contributed by atoms with E-state index in [1.54, 1.807) is 4.90 Å². The van der Waals surface area contributed by atoms with Gasteiger partial charge in [-0.1, -0.05) is 26.7 Å². The fourth-order valence-electron chi connectivity index (χ4n) is 2.66. The summed E-state index contributed by atoms with van der Waals surface area (Å²) < 4.78 is 5.32. The van der Waals surface area contributed by atoms with E-state index < -0.39 is 5.97 Å². The van der Waals surface area contributed by atoms with Gasteiger partial charge in [-0.3, -0.25) is 4.79 Å². The van der Waals surface area contributed by atoms with Crippen LogP contribution in [0.25, 0.3) is 0 Å². The number of morpholine rings is 1. The van der Waals surface area contributed by atoms with Gasteiger partial charge in [-0.15, -0.1) is 0 Å². The van der Waals surface area contributed by atoms with Crippen LogP contribution in [0.5, 0.6) is 0 Å². The molecule has 2 amide bonds. The molecule has 0 spiro atoms. The van der Waals surface area contributed by atoms with Gasteiger partial charge < -0.3 is 19.6 Å². The number of urea groups is 1. The lowest BCUT2D eigenvalue weighted by molar-refractivity contribution is -0.139. The maximum atomic E-state index is 12.7. The standard InChI is InChI=1S/C15H28N2O4/c1-4-12(5-2)10-16(6-3)15(20)17-7-8-21-11-13(17)9-14(18)19/h12-13H,4-11H2,1-3H3,(H,18,19). The van der Waals surface area contributed by atoms with Crippen molar-refractivity contribution in [3.8, 4) is 0 Å². The van der Waals surface area contributed by atoms with Crippen LogP contribution in [0.15, 0.2) is 0 Å². The average Bonchev–Trinajstić information content (AvgIpc) is 2.48. The van der Waals surface area contributed by atoms with Gasteiger partial charge in [0.25, 0.3) is 0 Å². The van der Waals surface area contributed by atoms with Crippen LogP contribution in [-0.4, -0.2) is 65.8 Å². The molecule has 6 heteroatoms. The summed E-state index contributed by atoms with van der Waals surface area (Å²) >= 11 is 0. The Morgan fingerprint density at radius 1 is 1.33 bits per heavy atom. The van der Waals surface area contributed by atoms with Gasteiger partial charge >= 0.3 is 12.0 Å². The van der Waals surface area contributed by atoms with E-state index in [2.05, 4.69) is 13.8 Å². The number of rotatable bonds is 7. The van der Waals surface area contributed by atoms with Gasteiger partial charge in [0.1, 0.15) is 0 Å². The lowest BCUT2D eigenvalue weighted by atomic mass is 10.0. The minimum absolute atomic E-state index is 0.0565. The normalized spacial score (nSPS) is 18.9. The van der Waals surface area contributed by atoms with E-state index in [0.29, 0.717) is 32.2 Å². The topological polar surface area (TPSA) is 70.1 Å². The van der Waals surface area contributed by atoms with Crippen molar-refractivity contribution >= 4 is 12.0 Å². The van der Waals surface area contributed by atoms with Gasteiger partial charge in [0, 0.05) is 19.6 Å². The summed E-state index contributed by atoms with van der Waals surface area (Å²) in [5.41, 5.74) is 0. The second-order valence-electron chi connectivity index (χ2n) is 5.52. The third-order valence-corrected chi connectivity index (χ3v) is 4.17. The number of carboxylic acid groups (broad SMARTS) is 1. The first-order valence-corrected chi connectivity index (χ1v) is 7.88. The van der Waals surface area contributed by atoms with Gasteiger partial charge in [0.15, 0.2) is 0 Å². The first-order chi connectivity index (χ1) is 10.0. The van der Waals surface area contributed by atoms with Crippen LogP contribution in [0, 0.1) is 5.92 Å². The third kappa shape index (κ3) is 5.19. The van der Waals surface area contributed by atoms with Gasteiger partial charge in [0.05, 0.1) is 25.7 Å². The summed E-state index contributed by atoms with van der Waals surface area (Å²) in [5.74, 6) is -0.404. The predicted octanol–water partition coefficient (Wildman–Crippen LogP) is 2.04. The molecule has 1 fully saturated rings. The SMILES string of the molecule is CCC(CC)CN(CC)C(=O)N1CCOCC1CC(=O)O. The third-order valence-electron chi connectivity index (χ3n) is 4.17. The summed E-state index contributed by atoms with van der Waals surface area (Å²) in [4.78, 5) is 27.1. The first kappa shape index (κ1) is 17.8. The fourth-order valence-corrected chi connectivity index (χ4v) is 2.66. The molecule has 1 aliphatic heterocycles. The van der Waals surface area contributed by atoms with E-state index in [-0.39, 0.29) is 18.5 Å². The van der Waals surface area contributed by atoms with Crippen LogP contribution in [0.1, 0.15) is 40.0 Å². The molecular weight excluding hydrogens is 272 g/mol. The number of aliphatic carboxylic acids is 1. The van der Waals surface area contributed by atoms with Crippen molar-refractivity contribution in [2.75, 3.05) is 32.8 Å². The Labute approximate surface area is 127 Å². The van der Waals surface area contributed by atoms with E-state index in [1.165, 1.54) is 0 Å². The molecule has 6 nitrogen and oxygen atoms in total. The molecule has 0 radical (unpaired) electrons. The van der Waals surface area contributed by atoms with Crippen LogP contribution < -0.4 is 0 Å². The van der Waals surface area contributed by atoms with Crippen molar-refractivity contribution < 1.29 is 19.4 Å². The van der Waals surface area contributed by atoms with Crippen LogP contribution in [0.4, 0.5) is 4.79 Å². The molecule has 0 aliphatic carbocycles. The number of hydrogen-bond acceptors (Lipinski definition) is 3. The van der Waals surface area contributed by atoms with Crippen molar-refractivity contribution in [1.82, 2.24) is 9.80 Å². The molecule has 1 heterocycles. The predicted molar refractivity (Wildman–Crippen MR) is 80.3 cm³/mol. The van der Waals surface area contributed by atoms with E-state index in [1.807, 2.05) is 11.8 Å². The number of carboxylic acids is 1. The Morgan fingerprint density at radius 2 is 2.00 bits per heavy atom. The van der Waals surface area contributed by atoms with Crippen LogP contribution in [-0.2, 0) is 9.53 Å². The largest absolute Gasteiger partial charge is 0.481 e. The monoisotopic (exact) mass is 300 g/mol. The number of ether oxygens (including phenoxy) is 1. The molecule has 122 valence electrons. The highest BCUT2D eigenvalue weighted by atomic mass is 16.5. The number of hydrogen-bond donors (Lipinski definition) is 1. The molecule has 1 N–H and O–H groups in total. The minimum Gasteiger partial charge on any atom is -0.481 e. The summed E-state index contributed by atoms with van der Waals surface area (Å²) in [5, 5.41) is 8.98. The Hall–Kier alpha value is -1.30. The van der Waals surface area contributed by atoms with Crippen LogP contribution in [0.2, 0.25) is 0 Å². The Morgan fingerprint density at radius 3 is 2.52 bits per heavy atom. The highest BCUT2D eigenvalue weighted by molar-refractivity contribution is 5.76. The lowest BCUT2D eigenvalue weighted by Crippen LogP contribution is -2.54. The van der Waals surface area contributed by atoms with Gasteiger partial charge in [-0.25, -0.2) is 4.79 Å². The average molecular weight is 300 g/mol. The minimum atomic E-state index is -0.897. The summed E-state index contributed by atoms with van der Waals surface area (Å²) in [7, 11) is 0. The maximum absolute atomic E-state index is 12.7. The maximum Gasteiger partial charge on any atom is 0.320 e. The molecular formula is C15H28N2O4. The molecule has 1 unspecified atom stereocenters. The van der Waals surface area contributed by atoms with E-state index in [9.17, 15) is 9.59 Å². The fraction of sp³-hybridized carbons (Fsp3) is 0.867. The van der Waals surface area contributed by atoms with Crippen LogP contribution in [0.3, 0.4) is 0 Å². The zero-order chi connectivity index (χ0) is 15.8. The number of amides is 2. The molecule has 0 aromatic carbocycles. The van der Waals surface area contributed by atoms with E-state index in [4.69, 9.17) is 9.84 Å². The van der Waals surface area contributed by atoms with Crippen molar-refractivity contribution in [1.29, 1.82) is 0 Å². The second kappa shape index (κ2) is 8.87. The zero-order valence-electron chi connectivity index (χ0n) is 13.4. The Kier molecular flexibility index (Phi) is 7.50. The highest BCUT2D eigenvalue weighted by Crippen LogP contribution is 2.16. The molecule has 1 saturated heterocycles. The number of nitrogens with zero attached hydrogens (tertiary/aromatic N) is 2. The van der Waals surface area contributed by atoms with Crippen molar-refractivity contribution in [3.05, 3.63) is 0 Å². The van der Waals surface area contributed by atoms with Gasteiger partial charge in [-0.05, 0) is 12.8 Å². The first-order valence-electron chi connectivity index (χ1n) is 7.88. The molecule has 1 atom stereocenters. The summed E-state index contributed by atoms with van der Waals surface area (Å²) in [6, 6.07) is -0.418. The van der Waals surface area contributed by atoms with Crippen molar-refractivity contribution in [2.45, 2.75) is 46.1 Å². The van der Waals surface area contributed by atoms with Gasteiger partial charge in [-0.2, -0.15) is 0 Å². The van der Waals surface area contributed by atoms with E-state index in [0.717, 1.165) is 19.4 Å². The quantitative estimate of drug-likeness (QED) is 0.781. The highest BCUT2D eigenvalue weighted by Gasteiger charge is 2.32. The van der Waals surface area contributed by atoms with Gasteiger partial charge in [0.2, 0.25) is 0 Å². The molecule has 21 heavy (non-hydrogen) atoms. The van der Waals surface area contributed by atoms with Crippen molar-refractivity contribution in [3.63, 3.8) is 0 Å². The lowest BCUT2D eigenvalue weighted by Gasteiger charge is -2.39. The Bertz CT molecular complexity index is 345. The molecule has 0 saturated carbocycles. The van der Waals surface area contributed by atoms with Crippen LogP contribution >= 0.6 is 0 Å². The molecule has 1 rings (SSSR count). The molecule has 0 aromatic heterocycles. The molecule has 0 bridgehead atoms.